The number of methoxy groups -OCH3 is 1. The van der Waals surface area contributed by atoms with Gasteiger partial charge in [0.25, 0.3) is 0 Å². The SMILES string of the molecule is COc1ccc2c(c1)C1(c3ccccc3)CCN(C(=O)N3CCCCC3)C(C2)C1. The van der Waals surface area contributed by atoms with Crippen LogP contribution < -0.4 is 4.74 Å². The quantitative estimate of drug-likeness (QED) is 0.750. The van der Waals surface area contributed by atoms with Crippen molar-refractivity contribution in [2.24, 2.45) is 0 Å². The number of likely N-dealkylation sites (tertiary alicyclic amines) is 2. The molecule has 152 valence electrons. The Bertz CT molecular complexity index is 891. The third-order valence-electron chi connectivity index (χ3n) is 7.29. The third kappa shape index (κ3) is 3.09. The van der Waals surface area contributed by atoms with Gasteiger partial charge in [-0.15, -0.1) is 0 Å². The van der Waals surface area contributed by atoms with Crippen LogP contribution >= 0.6 is 0 Å². The summed E-state index contributed by atoms with van der Waals surface area (Å²) in [7, 11) is 1.74. The van der Waals surface area contributed by atoms with E-state index in [9.17, 15) is 4.79 Å². The number of amides is 2. The Hall–Kier alpha value is -2.49. The van der Waals surface area contributed by atoms with Crippen LogP contribution in [-0.2, 0) is 11.8 Å². The van der Waals surface area contributed by atoms with Gasteiger partial charge in [-0.05, 0) is 67.3 Å². The van der Waals surface area contributed by atoms with E-state index < -0.39 is 0 Å². The number of urea groups is 1. The van der Waals surface area contributed by atoms with E-state index in [0.717, 1.165) is 57.5 Å². The van der Waals surface area contributed by atoms with Gasteiger partial charge >= 0.3 is 6.03 Å². The van der Waals surface area contributed by atoms with E-state index >= 15 is 0 Å². The molecule has 5 rings (SSSR count). The smallest absolute Gasteiger partial charge is 0.320 e. The fourth-order valence-corrected chi connectivity index (χ4v) is 5.79. The van der Waals surface area contributed by atoms with Crippen molar-refractivity contribution in [3.8, 4) is 5.75 Å². The fourth-order valence-electron chi connectivity index (χ4n) is 5.79. The van der Waals surface area contributed by atoms with Crippen LogP contribution in [0.25, 0.3) is 0 Å². The molecule has 29 heavy (non-hydrogen) atoms. The zero-order chi connectivity index (χ0) is 19.8. The highest BCUT2D eigenvalue weighted by molar-refractivity contribution is 5.75. The maximum atomic E-state index is 13.3. The lowest BCUT2D eigenvalue weighted by Crippen LogP contribution is -2.58. The normalized spacial score (nSPS) is 26.0. The molecule has 2 fully saturated rings. The first-order valence-electron chi connectivity index (χ1n) is 11.0. The Kier molecular flexibility index (Phi) is 4.73. The van der Waals surface area contributed by atoms with Crippen molar-refractivity contribution in [1.29, 1.82) is 0 Å². The van der Waals surface area contributed by atoms with Crippen LogP contribution in [0.5, 0.6) is 5.75 Å². The highest BCUT2D eigenvalue weighted by Crippen LogP contribution is 2.50. The van der Waals surface area contributed by atoms with E-state index in [0.29, 0.717) is 0 Å². The van der Waals surface area contributed by atoms with Gasteiger partial charge in [-0.25, -0.2) is 4.79 Å². The molecule has 2 atom stereocenters. The molecular weight excluding hydrogens is 360 g/mol. The van der Waals surface area contributed by atoms with Crippen molar-refractivity contribution in [3.05, 3.63) is 65.2 Å². The molecule has 4 nitrogen and oxygen atoms in total. The summed E-state index contributed by atoms with van der Waals surface area (Å²) in [4.78, 5) is 17.6. The monoisotopic (exact) mass is 390 g/mol. The van der Waals surface area contributed by atoms with Crippen molar-refractivity contribution in [2.45, 2.75) is 50.0 Å². The molecule has 0 N–H and O–H groups in total. The molecule has 2 heterocycles. The number of benzene rings is 2. The van der Waals surface area contributed by atoms with E-state index in [-0.39, 0.29) is 17.5 Å². The van der Waals surface area contributed by atoms with Gasteiger partial charge in [-0.1, -0.05) is 36.4 Å². The fraction of sp³-hybridized carbons (Fsp3) is 0.480. The van der Waals surface area contributed by atoms with Crippen molar-refractivity contribution >= 4 is 6.03 Å². The molecule has 2 bridgehead atoms. The zero-order valence-corrected chi connectivity index (χ0v) is 17.3. The van der Waals surface area contributed by atoms with Crippen molar-refractivity contribution in [3.63, 3.8) is 0 Å². The van der Waals surface area contributed by atoms with Crippen molar-refractivity contribution in [1.82, 2.24) is 9.80 Å². The number of rotatable bonds is 2. The molecule has 3 aliphatic rings. The predicted molar refractivity (Wildman–Crippen MR) is 114 cm³/mol. The third-order valence-corrected chi connectivity index (χ3v) is 7.29. The minimum absolute atomic E-state index is 0.0350. The summed E-state index contributed by atoms with van der Waals surface area (Å²) < 4.78 is 5.57. The average Bonchev–Trinajstić information content (AvgIpc) is 2.80. The minimum Gasteiger partial charge on any atom is -0.497 e. The first kappa shape index (κ1) is 18.5. The molecule has 2 aliphatic heterocycles. The summed E-state index contributed by atoms with van der Waals surface area (Å²) in [6.45, 7) is 2.66. The number of piperidine rings is 2. The summed E-state index contributed by atoms with van der Waals surface area (Å²) in [6, 6.07) is 17.9. The molecule has 2 unspecified atom stereocenters. The van der Waals surface area contributed by atoms with Gasteiger partial charge in [-0.2, -0.15) is 0 Å². The highest BCUT2D eigenvalue weighted by atomic mass is 16.5. The van der Waals surface area contributed by atoms with E-state index in [1.54, 1.807) is 7.11 Å². The van der Waals surface area contributed by atoms with Crippen LogP contribution in [0.2, 0.25) is 0 Å². The van der Waals surface area contributed by atoms with Gasteiger partial charge in [0.2, 0.25) is 0 Å². The molecule has 2 aromatic carbocycles. The van der Waals surface area contributed by atoms with Crippen LogP contribution in [0.15, 0.2) is 48.5 Å². The lowest BCUT2D eigenvalue weighted by molar-refractivity contribution is 0.0840. The van der Waals surface area contributed by atoms with Gasteiger partial charge in [0.15, 0.2) is 0 Å². The minimum atomic E-state index is -0.0350. The molecule has 2 saturated heterocycles. The van der Waals surface area contributed by atoms with Gasteiger partial charge < -0.3 is 14.5 Å². The van der Waals surface area contributed by atoms with Gasteiger partial charge in [-0.3, -0.25) is 0 Å². The second-order valence-corrected chi connectivity index (χ2v) is 8.81. The lowest BCUT2D eigenvalue weighted by Gasteiger charge is -2.52. The van der Waals surface area contributed by atoms with Crippen LogP contribution in [0.3, 0.4) is 0 Å². The van der Waals surface area contributed by atoms with Crippen LogP contribution in [0.4, 0.5) is 4.79 Å². The molecule has 2 aromatic rings. The Labute approximate surface area is 173 Å². The summed E-state index contributed by atoms with van der Waals surface area (Å²) >= 11 is 0. The number of ether oxygens (including phenoxy) is 1. The zero-order valence-electron chi connectivity index (χ0n) is 17.3. The maximum absolute atomic E-state index is 13.3. The van der Waals surface area contributed by atoms with Gasteiger partial charge in [0.05, 0.1) is 7.11 Å². The molecule has 0 aromatic heterocycles. The predicted octanol–water partition coefficient (Wildman–Crippen LogP) is 4.61. The number of carbonyl (C=O) groups is 1. The summed E-state index contributed by atoms with van der Waals surface area (Å²) in [5.41, 5.74) is 4.09. The summed E-state index contributed by atoms with van der Waals surface area (Å²) in [6.07, 6.45) is 6.43. The standard InChI is InChI=1S/C25H30N2O2/c1-29-22-11-10-19-16-21-18-25(23(19)17-22,20-8-4-2-5-9-20)12-15-27(21)24(28)26-13-6-3-7-14-26/h2,4-5,8-11,17,21H,3,6-7,12-16,18H2,1H3. The molecular formula is C25H30N2O2. The molecule has 4 heteroatoms. The number of fused-ring (bicyclic) bond motifs is 4. The second kappa shape index (κ2) is 7.40. The first-order chi connectivity index (χ1) is 14.2. The Morgan fingerprint density at radius 3 is 2.59 bits per heavy atom. The van der Waals surface area contributed by atoms with E-state index in [2.05, 4.69) is 58.3 Å². The molecule has 1 aliphatic carbocycles. The summed E-state index contributed by atoms with van der Waals surface area (Å²) in [5.74, 6) is 0.921. The number of nitrogens with zero attached hydrogens (tertiary/aromatic N) is 2. The van der Waals surface area contributed by atoms with Crippen molar-refractivity contribution in [2.75, 3.05) is 26.7 Å². The van der Waals surface area contributed by atoms with E-state index in [4.69, 9.17) is 4.74 Å². The topological polar surface area (TPSA) is 32.8 Å². The Morgan fingerprint density at radius 1 is 1.03 bits per heavy atom. The van der Waals surface area contributed by atoms with Crippen LogP contribution in [0, 0.1) is 0 Å². The summed E-state index contributed by atoms with van der Waals surface area (Å²) in [5, 5.41) is 0. The molecule has 0 radical (unpaired) electrons. The number of carbonyl (C=O) groups excluding carboxylic acids is 1. The van der Waals surface area contributed by atoms with Gasteiger partial charge in [0, 0.05) is 31.1 Å². The van der Waals surface area contributed by atoms with Gasteiger partial charge in [0.1, 0.15) is 5.75 Å². The van der Waals surface area contributed by atoms with Crippen molar-refractivity contribution < 1.29 is 9.53 Å². The highest BCUT2D eigenvalue weighted by Gasteiger charge is 2.48. The average molecular weight is 391 g/mol. The lowest BCUT2D eigenvalue weighted by atomic mass is 9.60. The second-order valence-electron chi connectivity index (χ2n) is 8.81. The molecule has 0 saturated carbocycles. The Balaban J connectivity index is 1.53. The van der Waals surface area contributed by atoms with E-state index in [1.807, 2.05) is 0 Å². The van der Waals surface area contributed by atoms with E-state index in [1.165, 1.54) is 23.1 Å². The van der Waals surface area contributed by atoms with Crippen LogP contribution in [-0.4, -0.2) is 48.6 Å². The molecule has 0 spiro atoms. The first-order valence-corrected chi connectivity index (χ1v) is 11.0. The largest absolute Gasteiger partial charge is 0.497 e. The molecule has 2 amide bonds. The number of hydrogen-bond acceptors (Lipinski definition) is 2. The Morgan fingerprint density at radius 2 is 1.83 bits per heavy atom. The number of hydrogen-bond donors (Lipinski definition) is 0. The maximum Gasteiger partial charge on any atom is 0.320 e. The van der Waals surface area contributed by atoms with Crippen LogP contribution in [0.1, 0.15) is 48.8 Å².